The van der Waals surface area contributed by atoms with Crippen LogP contribution in [0, 0.1) is 0 Å². The van der Waals surface area contributed by atoms with Gasteiger partial charge < -0.3 is 14.6 Å². The molecule has 22 heavy (non-hydrogen) atoms. The summed E-state index contributed by atoms with van der Waals surface area (Å²) in [7, 11) is 0. The van der Waals surface area contributed by atoms with Crippen molar-refractivity contribution < 1.29 is 24.2 Å². The molecule has 122 valence electrons. The van der Waals surface area contributed by atoms with E-state index in [2.05, 4.69) is 6.92 Å². The summed E-state index contributed by atoms with van der Waals surface area (Å²) < 4.78 is 10.7. The van der Waals surface area contributed by atoms with Gasteiger partial charge in [0.25, 0.3) is 0 Å². The fraction of sp³-hybridized carbons (Fsp3) is 0.529. The monoisotopic (exact) mass is 308 g/mol. The molecular weight excluding hydrogens is 284 g/mol. The largest absolute Gasteiger partial charge is 0.494 e. The second-order valence-corrected chi connectivity index (χ2v) is 5.07. The van der Waals surface area contributed by atoms with Crippen LogP contribution in [0.1, 0.15) is 55.8 Å². The molecule has 0 aromatic heterocycles. The lowest BCUT2D eigenvalue weighted by Gasteiger charge is -2.07. The molecule has 0 bridgehead atoms. The second-order valence-electron chi connectivity index (χ2n) is 5.07. The summed E-state index contributed by atoms with van der Waals surface area (Å²) in [5.41, 5.74) is 0.494. The van der Waals surface area contributed by atoms with Gasteiger partial charge in [0.2, 0.25) is 0 Å². The molecule has 0 aliphatic heterocycles. The minimum absolute atomic E-state index is 0.160. The van der Waals surface area contributed by atoms with Gasteiger partial charge in [0.05, 0.1) is 18.8 Å². The fourth-order valence-electron chi connectivity index (χ4n) is 1.82. The highest BCUT2D eigenvalue weighted by Crippen LogP contribution is 2.13. The topological polar surface area (TPSA) is 72.8 Å². The maximum absolute atomic E-state index is 11.8. The van der Waals surface area contributed by atoms with E-state index < -0.39 is 5.97 Å². The molecule has 0 aliphatic carbocycles. The molecule has 0 unspecified atom stereocenters. The van der Waals surface area contributed by atoms with E-state index in [0.717, 1.165) is 25.0 Å². The number of benzene rings is 1. The van der Waals surface area contributed by atoms with Crippen LogP contribution >= 0.6 is 0 Å². The minimum atomic E-state index is -0.793. The van der Waals surface area contributed by atoms with Gasteiger partial charge in [-0.25, -0.2) is 4.79 Å². The molecule has 5 nitrogen and oxygen atoms in total. The van der Waals surface area contributed by atoms with E-state index in [4.69, 9.17) is 14.6 Å². The number of unbranched alkanes of at least 4 members (excludes halogenated alkanes) is 3. The molecule has 1 rings (SSSR count). The molecule has 0 spiro atoms. The summed E-state index contributed by atoms with van der Waals surface area (Å²) in [6.07, 6.45) is 4.27. The van der Waals surface area contributed by atoms with Crippen LogP contribution in [0.2, 0.25) is 0 Å². The van der Waals surface area contributed by atoms with Gasteiger partial charge in [-0.1, -0.05) is 13.3 Å². The van der Waals surface area contributed by atoms with Crippen LogP contribution in [0.15, 0.2) is 24.3 Å². The van der Waals surface area contributed by atoms with E-state index in [1.807, 2.05) is 0 Å². The summed E-state index contributed by atoms with van der Waals surface area (Å²) in [5.74, 6) is -0.407. The highest BCUT2D eigenvalue weighted by Gasteiger charge is 2.07. The number of carbonyl (C=O) groups is 2. The zero-order valence-corrected chi connectivity index (χ0v) is 13.0. The Kier molecular flexibility index (Phi) is 8.72. The number of carboxylic acid groups (broad SMARTS) is 1. The third-order valence-electron chi connectivity index (χ3n) is 3.12. The molecule has 0 aliphatic rings. The smallest absolute Gasteiger partial charge is 0.338 e. The van der Waals surface area contributed by atoms with Crippen molar-refractivity contribution in [1.29, 1.82) is 0 Å². The van der Waals surface area contributed by atoms with Crippen molar-refractivity contribution in [3.8, 4) is 5.75 Å². The molecule has 0 saturated carbocycles. The Labute approximate surface area is 131 Å². The van der Waals surface area contributed by atoms with Crippen molar-refractivity contribution in [3.05, 3.63) is 29.8 Å². The van der Waals surface area contributed by atoms with E-state index in [0.29, 0.717) is 31.6 Å². The average Bonchev–Trinajstić information content (AvgIpc) is 2.51. The normalized spacial score (nSPS) is 10.2. The van der Waals surface area contributed by atoms with Crippen LogP contribution in [-0.2, 0) is 9.53 Å². The van der Waals surface area contributed by atoms with Crippen molar-refractivity contribution in [2.45, 2.75) is 45.4 Å². The van der Waals surface area contributed by atoms with Gasteiger partial charge in [-0.2, -0.15) is 0 Å². The molecule has 1 aromatic carbocycles. The molecule has 5 heteroatoms. The van der Waals surface area contributed by atoms with E-state index in [1.165, 1.54) is 0 Å². The van der Waals surface area contributed by atoms with Crippen molar-refractivity contribution in [2.75, 3.05) is 13.2 Å². The predicted octanol–water partition coefficient (Wildman–Crippen LogP) is 3.67. The highest BCUT2D eigenvalue weighted by atomic mass is 16.5. The number of esters is 1. The number of aliphatic carboxylic acids is 1. The molecule has 0 amide bonds. The van der Waals surface area contributed by atoms with Gasteiger partial charge in [0.1, 0.15) is 5.75 Å². The van der Waals surface area contributed by atoms with Crippen molar-refractivity contribution in [3.63, 3.8) is 0 Å². The number of hydrogen-bond donors (Lipinski definition) is 1. The quantitative estimate of drug-likeness (QED) is 0.499. The lowest BCUT2D eigenvalue weighted by atomic mass is 10.2. The van der Waals surface area contributed by atoms with Crippen molar-refractivity contribution in [1.82, 2.24) is 0 Å². The fourth-order valence-corrected chi connectivity index (χ4v) is 1.82. The van der Waals surface area contributed by atoms with Gasteiger partial charge >= 0.3 is 11.9 Å². The second kappa shape index (κ2) is 10.7. The Bertz CT molecular complexity index is 453. The summed E-state index contributed by atoms with van der Waals surface area (Å²) in [6.45, 7) is 3.09. The molecule has 1 aromatic rings. The number of carbonyl (C=O) groups excluding carboxylic acids is 1. The first-order valence-corrected chi connectivity index (χ1v) is 7.75. The first-order chi connectivity index (χ1) is 10.6. The van der Waals surface area contributed by atoms with Gasteiger partial charge in [0.15, 0.2) is 0 Å². The molecular formula is C17H24O5. The summed E-state index contributed by atoms with van der Waals surface area (Å²) in [6, 6.07) is 6.90. The Balaban J connectivity index is 2.23. The van der Waals surface area contributed by atoms with Crippen molar-refractivity contribution >= 4 is 11.9 Å². The van der Waals surface area contributed by atoms with Crippen molar-refractivity contribution in [2.24, 2.45) is 0 Å². The minimum Gasteiger partial charge on any atom is -0.494 e. The van der Waals surface area contributed by atoms with Crippen LogP contribution in [0.5, 0.6) is 5.75 Å². The Morgan fingerprint density at radius 3 is 2.36 bits per heavy atom. The number of carboxylic acids is 1. The van der Waals surface area contributed by atoms with Crippen LogP contribution in [0.4, 0.5) is 0 Å². The number of rotatable bonds is 11. The van der Waals surface area contributed by atoms with Gasteiger partial charge in [0, 0.05) is 6.42 Å². The molecule has 0 saturated heterocycles. The standard InChI is InChI=1S/C17H24O5/c1-2-3-12-21-15-10-8-14(9-11-15)17(20)22-13-6-4-5-7-16(18)19/h8-11H,2-7,12-13H2,1H3,(H,18,19). The molecule has 0 atom stereocenters. The van der Waals surface area contributed by atoms with E-state index in [1.54, 1.807) is 24.3 Å². The SMILES string of the molecule is CCCCOc1ccc(C(=O)OCCCCCC(=O)O)cc1. The molecule has 0 fully saturated rings. The number of ether oxygens (including phenoxy) is 2. The summed E-state index contributed by atoms with van der Waals surface area (Å²) in [4.78, 5) is 22.1. The number of hydrogen-bond acceptors (Lipinski definition) is 4. The molecule has 1 N–H and O–H groups in total. The Morgan fingerprint density at radius 1 is 1.00 bits per heavy atom. The van der Waals surface area contributed by atoms with Gasteiger partial charge in [-0.3, -0.25) is 4.79 Å². The lowest BCUT2D eigenvalue weighted by molar-refractivity contribution is -0.137. The Hall–Kier alpha value is -2.04. The third kappa shape index (κ3) is 7.67. The molecule has 0 heterocycles. The first kappa shape index (κ1) is 18.0. The van der Waals surface area contributed by atoms with E-state index in [9.17, 15) is 9.59 Å². The summed E-state index contributed by atoms with van der Waals surface area (Å²) in [5, 5.41) is 8.50. The molecule has 0 radical (unpaired) electrons. The zero-order valence-electron chi connectivity index (χ0n) is 13.0. The first-order valence-electron chi connectivity index (χ1n) is 7.75. The van der Waals surface area contributed by atoms with Gasteiger partial charge in [-0.05, 0) is 49.9 Å². The lowest BCUT2D eigenvalue weighted by Crippen LogP contribution is -2.06. The zero-order chi connectivity index (χ0) is 16.2. The van der Waals surface area contributed by atoms with Gasteiger partial charge in [-0.15, -0.1) is 0 Å². The van der Waals surface area contributed by atoms with Crippen LogP contribution in [0.3, 0.4) is 0 Å². The average molecular weight is 308 g/mol. The maximum Gasteiger partial charge on any atom is 0.338 e. The highest BCUT2D eigenvalue weighted by molar-refractivity contribution is 5.89. The van der Waals surface area contributed by atoms with E-state index in [-0.39, 0.29) is 12.4 Å². The maximum atomic E-state index is 11.8. The van der Waals surface area contributed by atoms with Crippen LogP contribution in [-0.4, -0.2) is 30.3 Å². The van der Waals surface area contributed by atoms with Crippen LogP contribution in [0.25, 0.3) is 0 Å². The summed E-state index contributed by atoms with van der Waals surface area (Å²) >= 11 is 0. The van der Waals surface area contributed by atoms with Crippen LogP contribution < -0.4 is 4.74 Å². The third-order valence-corrected chi connectivity index (χ3v) is 3.12. The van der Waals surface area contributed by atoms with E-state index >= 15 is 0 Å². The predicted molar refractivity (Wildman–Crippen MR) is 83.2 cm³/mol. The Morgan fingerprint density at radius 2 is 1.73 bits per heavy atom.